The SMILES string of the molecule is CSS(=O)(=O)CCCCS(=O)(=O)SC. The lowest BCUT2D eigenvalue weighted by Crippen LogP contribution is -2.05. The fourth-order valence-corrected chi connectivity index (χ4v) is 3.88. The van der Waals surface area contributed by atoms with Gasteiger partial charge in [-0.15, -0.1) is 0 Å². The summed E-state index contributed by atoms with van der Waals surface area (Å²) < 4.78 is 44.0. The van der Waals surface area contributed by atoms with Gasteiger partial charge in [0.05, 0.1) is 11.5 Å². The van der Waals surface area contributed by atoms with Crippen LogP contribution in [0.2, 0.25) is 0 Å². The van der Waals surface area contributed by atoms with Crippen LogP contribution < -0.4 is 0 Å². The summed E-state index contributed by atoms with van der Waals surface area (Å²) in [6.45, 7) is 0. The maximum Gasteiger partial charge on any atom is 0.201 e. The van der Waals surface area contributed by atoms with Gasteiger partial charge in [0.1, 0.15) is 0 Å². The van der Waals surface area contributed by atoms with Crippen LogP contribution in [-0.4, -0.2) is 40.9 Å². The standard InChI is InChI=1S/C6H14O4S4/c1-11-13(7,8)5-3-4-6-14(9,10)12-2/h3-6H2,1-2H3. The summed E-state index contributed by atoms with van der Waals surface area (Å²) in [5, 5.41) is 0. The molecule has 0 aliphatic heterocycles. The number of rotatable bonds is 7. The van der Waals surface area contributed by atoms with Crippen LogP contribution in [0.4, 0.5) is 0 Å². The van der Waals surface area contributed by atoms with Gasteiger partial charge in [-0.2, -0.15) is 0 Å². The Kier molecular flexibility index (Phi) is 6.51. The molecule has 4 nitrogen and oxygen atoms in total. The van der Waals surface area contributed by atoms with Crippen molar-refractivity contribution in [3.63, 3.8) is 0 Å². The largest absolute Gasteiger partial charge is 0.217 e. The lowest BCUT2D eigenvalue weighted by Gasteiger charge is -2.00. The molecule has 8 heteroatoms. The Balaban J connectivity index is 3.79. The highest BCUT2D eigenvalue weighted by atomic mass is 33.1. The van der Waals surface area contributed by atoms with E-state index in [2.05, 4.69) is 0 Å². The third-order valence-corrected chi connectivity index (χ3v) is 8.19. The Hall–Kier alpha value is 0.600. The van der Waals surface area contributed by atoms with E-state index < -0.39 is 17.7 Å². The second-order valence-electron chi connectivity index (χ2n) is 2.56. The van der Waals surface area contributed by atoms with Gasteiger partial charge in [0.15, 0.2) is 0 Å². The summed E-state index contributed by atoms with van der Waals surface area (Å²) in [6, 6.07) is 0. The van der Waals surface area contributed by atoms with Crippen LogP contribution >= 0.6 is 21.6 Å². The zero-order chi connectivity index (χ0) is 11.2. The predicted octanol–water partition coefficient (Wildman–Crippen LogP) is 1.15. The van der Waals surface area contributed by atoms with Crippen LogP contribution in [0, 0.1) is 0 Å². The van der Waals surface area contributed by atoms with E-state index in [0.29, 0.717) is 12.8 Å². The third-order valence-electron chi connectivity index (χ3n) is 1.55. The van der Waals surface area contributed by atoms with Gasteiger partial charge < -0.3 is 0 Å². The van der Waals surface area contributed by atoms with Crippen molar-refractivity contribution in [2.24, 2.45) is 0 Å². The molecular weight excluding hydrogens is 264 g/mol. The monoisotopic (exact) mass is 278 g/mol. The first-order chi connectivity index (χ1) is 6.33. The molecule has 0 spiro atoms. The van der Waals surface area contributed by atoms with E-state index in [1.807, 2.05) is 0 Å². The van der Waals surface area contributed by atoms with E-state index in [-0.39, 0.29) is 11.5 Å². The molecular formula is C6H14O4S4. The molecule has 0 saturated carbocycles. The van der Waals surface area contributed by atoms with Crippen LogP contribution in [-0.2, 0) is 17.7 Å². The van der Waals surface area contributed by atoms with Crippen molar-refractivity contribution in [2.45, 2.75) is 12.8 Å². The van der Waals surface area contributed by atoms with Crippen molar-refractivity contribution in [3.05, 3.63) is 0 Å². The van der Waals surface area contributed by atoms with Crippen molar-refractivity contribution in [3.8, 4) is 0 Å². The second kappa shape index (κ2) is 6.24. The molecule has 0 unspecified atom stereocenters. The lowest BCUT2D eigenvalue weighted by atomic mass is 10.4. The maximum absolute atomic E-state index is 11.0. The van der Waals surface area contributed by atoms with Crippen LogP contribution in [0.1, 0.15) is 12.8 Å². The van der Waals surface area contributed by atoms with Gasteiger partial charge in [0.2, 0.25) is 17.7 Å². The van der Waals surface area contributed by atoms with E-state index in [4.69, 9.17) is 0 Å². The number of hydrogen-bond acceptors (Lipinski definition) is 6. The highest BCUT2D eigenvalue weighted by molar-refractivity contribution is 8.72. The van der Waals surface area contributed by atoms with Crippen molar-refractivity contribution in [2.75, 3.05) is 24.0 Å². The molecule has 0 atom stereocenters. The normalized spacial score (nSPS) is 13.0. The Bertz CT molecular complexity index is 306. The molecule has 0 saturated heterocycles. The minimum Gasteiger partial charge on any atom is -0.217 e. The molecule has 0 heterocycles. The molecule has 0 fully saturated rings. The first-order valence-corrected chi connectivity index (χ1v) is 10.7. The fourth-order valence-electron chi connectivity index (χ4n) is 0.724. The Morgan fingerprint density at radius 3 is 1.29 bits per heavy atom. The van der Waals surface area contributed by atoms with Crippen LogP contribution in [0.25, 0.3) is 0 Å². The molecule has 0 rings (SSSR count). The Labute approximate surface area is 92.9 Å². The van der Waals surface area contributed by atoms with E-state index in [1.165, 1.54) is 12.5 Å². The van der Waals surface area contributed by atoms with Gasteiger partial charge in [-0.05, 0) is 46.9 Å². The molecule has 0 aromatic rings. The summed E-state index contributed by atoms with van der Waals surface area (Å²) in [5.74, 6) is 0.107. The van der Waals surface area contributed by atoms with Gasteiger partial charge in [0, 0.05) is 0 Å². The smallest absolute Gasteiger partial charge is 0.201 e. The fraction of sp³-hybridized carbons (Fsp3) is 1.00. The highest BCUT2D eigenvalue weighted by Gasteiger charge is 2.11. The summed E-state index contributed by atoms with van der Waals surface area (Å²) in [4.78, 5) is 0. The van der Waals surface area contributed by atoms with Gasteiger partial charge in [-0.3, -0.25) is 0 Å². The van der Waals surface area contributed by atoms with Crippen LogP contribution in [0.5, 0.6) is 0 Å². The Morgan fingerprint density at radius 1 is 0.786 bits per heavy atom. The molecule has 0 bridgehead atoms. The lowest BCUT2D eigenvalue weighted by molar-refractivity contribution is 0.600. The van der Waals surface area contributed by atoms with E-state index in [9.17, 15) is 16.8 Å². The zero-order valence-corrected chi connectivity index (χ0v) is 11.4. The summed E-state index contributed by atoms with van der Waals surface area (Å²) in [6.07, 6.45) is 3.83. The molecule has 0 amide bonds. The average Bonchev–Trinajstić information content (AvgIpc) is 2.13. The topological polar surface area (TPSA) is 68.3 Å². The van der Waals surface area contributed by atoms with Gasteiger partial charge in [-0.1, -0.05) is 0 Å². The van der Waals surface area contributed by atoms with Crippen molar-refractivity contribution in [1.82, 2.24) is 0 Å². The molecule has 0 radical (unpaired) electrons. The molecule has 86 valence electrons. The molecule has 14 heavy (non-hydrogen) atoms. The summed E-state index contributed by atoms with van der Waals surface area (Å²) in [7, 11) is -4.44. The number of hydrogen-bond donors (Lipinski definition) is 0. The average molecular weight is 278 g/mol. The highest BCUT2D eigenvalue weighted by Crippen LogP contribution is 2.13. The molecule has 0 aliphatic rings. The zero-order valence-electron chi connectivity index (χ0n) is 8.09. The molecule has 0 aliphatic carbocycles. The van der Waals surface area contributed by atoms with Crippen molar-refractivity contribution in [1.29, 1.82) is 0 Å². The van der Waals surface area contributed by atoms with Gasteiger partial charge in [0.25, 0.3) is 0 Å². The second-order valence-corrected chi connectivity index (χ2v) is 11.3. The first-order valence-electron chi connectivity index (χ1n) is 3.89. The summed E-state index contributed by atoms with van der Waals surface area (Å²) in [5.41, 5.74) is 0. The first kappa shape index (κ1) is 14.6. The molecule has 0 aromatic heterocycles. The van der Waals surface area contributed by atoms with Crippen molar-refractivity contribution >= 4 is 39.3 Å². The minimum atomic E-state index is -3.03. The van der Waals surface area contributed by atoms with E-state index >= 15 is 0 Å². The third kappa shape index (κ3) is 6.97. The van der Waals surface area contributed by atoms with Gasteiger partial charge in [-0.25, -0.2) is 16.8 Å². The van der Waals surface area contributed by atoms with Gasteiger partial charge >= 0.3 is 0 Å². The van der Waals surface area contributed by atoms with E-state index in [0.717, 1.165) is 21.6 Å². The predicted molar refractivity (Wildman–Crippen MR) is 63.8 cm³/mol. The maximum atomic E-state index is 11.0. The van der Waals surface area contributed by atoms with Crippen LogP contribution in [0.3, 0.4) is 0 Å². The molecule has 0 aromatic carbocycles. The van der Waals surface area contributed by atoms with E-state index in [1.54, 1.807) is 0 Å². The summed E-state index contributed by atoms with van der Waals surface area (Å²) >= 11 is 0. The molecule has 0 N–H and O–H groups in total. The Morgan fingerprint density at radius 2 is 1.07 bits per heavy atom. The van der Waals surface area contributed by atoms with Crippen LogP contribution in [0.15, 0.2) is 0 Å². The number of unbranched alkanes of at least 4 members (excludes halogenated alkanes) is 1. The minimum absolute atomic E-state index is 0.0536. The quantitative estimate of drug-likeness (QED) is 0.514. The van der Waals surface area contributed by atoms with Crippen molar-refractivity contribution < 1.29 is 16.8 Å².